The van der Waals surface area contributed by atoms with Crippen molar-refractivity contribution in [2.45, 2.75) is 32.9 Å². The fourth-order valence-electron chi connectivity index (χ4n) is 4.85. The van der Waals surface area contributed by atoms with E-state index in [1.54, 1.807) is 16.8 Å². The molecule has 2 aromatic heterocycles. The van der Waals surface area contributed by atoms with E-state index in [0.29, 0.717) is 35.2 Å². The first-order chi connectivity index (χ1) is 18.7. The Morgan fingerprint density at radius 2 is 1.41 bits per heavy atom. The zero-order chi connectivity index (χ0) is 27.7. The monoisotopic (exact) mass is 517 g/mol. The number of amidine groups is 2. The van der Waals surface area contributed by atoms with Crippen molar-refractivity contribution < 1.29 is 0 Å². The predicted octanol–water partition coefficient (Wildman–Crippen LogP) is 4.65. The normalized spacial score (nSPS) is 11.3. The molecule has 0 amide bonds. The van der Waals surface area contributed by atoms with Crippen LogP contribution < -0.4 is 17.0 Å². The summed E-state index contributed by atoms with van der Waals surface area (Å²) in [6, 6.07) is 25.1. The average Bonchev–Trinajstić information content (AvgIpc) is 3.30. The molecule has 0 saturated carbocycles. The second-order valence-electron chi connectivity index (χ2n) is 10.0. The average molecular weight is 518 g/mol. The third kappa shape index (κ3) is 5.22. The molecule has 0 radical (unpaired) electrons. The molecular formula is C31H31N7O. The molecule has 8 heteroatoms. The van der Waals surface area contributed by atoms with Gasteiger partial charge in [-0.05, 0) is 46.5 Å². The number of nitrogens with zero attached hydrogens (tertiary/aromatic N) is 3. The van der Waals surface area contributed by atoms with E-state index in [4.69, 9.17) is 27.3 Å². The smallest absolute Gasteiger partial charge is 0.277 e. The number of hydrogen-bond acceptors (Lipinski definition) is 4. The van der Waals surface area contributed by atoms with Crippen molar-refractivity contribution in [3.63, 3.8) is 0 Å². The molecule has 8 nitrogen and oxygen atoms in total. The van der Waals surface area contributed by atoms with Gasteiger partial charge in [-0.3, -0.25) is 15.6 Å². The molecule has 6 N–H and O–H groups in total. The van der Waals surface area contributed by atoms with Crippen LogP contribution in [-0.2, 0) is 13.1 Å². The molecular weight excluding hydrogens is 486 g/mol. The zero-order valence-corrected chi connectivity index (χ0v) is 22.0. The Bertz CT molecular complexity index is 1780. The van der Waals surface area contributed by atoms with Crippen molar-refractivity contribution in [1.82, 2.24) is 14.1 Å². The summed E-state index contributed by atoms with van der Waals surface area (Å²) in [6.07, 6.45) is 1.77. The lowest BCUT2D eigenvalue weighted by Crippen LogP contribution is -2.23. The summed E-state index contributed by atoms with van der Waals surface area (Å²) in [5, 5.41) is 15.5. The van der Waals surface area contributed by atoms with Crippen LogP contribution in [0.4, 0.5) is 0 Å². The molecule has 0 aliphatic carbocycles. The minimum absolute atomic E-state index is 0.00505. The minimum Gasteiger partial charge on any atom is -0.384 e. The van der Waals surface area contributed by atoms with E-state index in [-0.39, 0.29) is 23.1 Å². The Morgan fingerprint density at radius 1 is 0.821 bits per heavy atom. The van der Waals surface area contributed by atoms with Gasteiger partial charge in [0, 0.05) is 29.8 Å². The molecule has 0 fully saturated rings. The lowest BCUT2D eigenvalue weighted by Gasteiger charge is -2.14. The Labute approximate surface area is 226 Å². The van der Waals surface area contributed by atoms with Gasteiger partial charge in [0.15, 0.2) is 0 Å². The number of imidazole rings is 1. The topological polar surface area (TPSA) is 140 Å². The number of pyridine rings is 1. The third-order valence-corrected chi connectivity index (χ3v) is 6.78. The SMILES string of the molecule is CC(C)c1nc2ccn(Cc3cccc(C(=N)N)c3)c(=O)c2n1Cc1cccc(-c2cccc(C(=N)N)c2)c1. The number of hydrogen-bond donors (Lipinski definition) is 4. The number of rotatable bonds is 8. The van der Waals surface area contributed by atoms with Gasteiger partial charge in [0.25, 0.3) is 5.56 Å². The number of nitrogen functional groups attached to an aromatic ring is 2. The largest absolute Gasteiger partial charge is 0.384 e. The first-order valence-corrected chi connectivity index (χ1v) is 12.8. The van der Waals surface area contributed by atoms with Crippen molar-refractivity contribution in [3.8, 4) is 11.1 Å². The van der Waals surface area contributed by atoms with Crippen molar-refractivity contribution in [1.29, 1.82) is 10.8 Å². The van der Waals surface area contributed by atoms with Gasteiger partial charge in [-0.15, -0.1) is 0 Å². The third-order valence-electron chi connectivity index (χ3n) is 6.78. The minimum atomic E-state index is -0.120. The Balaban J connectivity index is 1.56. The molecule has 39 heavy (non-hydrogen) atoms. The first kappa shape index (κ1) is 25.7. The molecule has 0 aliphatic heterocycles. The van der Waals surface area contributed by atoms with Crippen LogP contribution >= 0.6 is 0 Å². The van der Waals surface area contributed by atoms with E-state index < -0.39 is 0 Å². The molecule has 5 aromatic rings. The zero-order valence-electron chi connectivity index (χ0n) is 22.0. The summed E-state index contributed by atoms with van der Waals surface area (Å²) in [5.74, 6) is 0.994. The van der Waals surface area contributed by atoms with E-state index in [9.17, 15) is 4.79 Å². The van der Waals surface area contributed by atoms with Crippen molar-refractivity contribution in [2.75, 3.05) is 0 Å². The highest BCUT2D eigenvalue weighted by molar-refractivity contribution is 5.96. The van der Waals surface area contributed by atoms with Gasteiger partial charge >= 0.3 is 0 Å². The number of nitrogens with two attached hydrogens (primary N) is 2. The van der Waals surface area contributed by atoms with E-state index >= 15 is 0 Å². The molecule has 0 spiro atoms. The molecule has 5 rings (SSSR count). The lowest BCUT2D eigenvalue weighted by atomic mass is 10.0. The van der Waals surface area contributed by atoms with Crippen LogP contribution in [0.1, 0.15) is 47.8 Å². The van der Waals surface area contributed by atoms with Crippen LogP contribution in [0.2, 0.25) is 0 Å². The van der Waals surface area contributed by atoms with Gasteiger partial charge in [0.2, 0.25) is 0 Å². The quantitative estimate of drug-likeness (QED) is 0.176. The molecule has 3 aromatic carbocycles. The van der Waals surface area contributed by atoms with E-state index in [2.05, 4.69) is 19.9 Å². The Hall–Kier alpha value is -4.98. The molecule has 0 unspecified atom stereocenters. The molecule has 0 aliphatic rings. The van der Waals surface area contributed by atoms with E-state index in [0.717, 1.165) is 28.1 Å². The van der Waals surface area contributed by atoms with Gasteiger partial charge < -0.3 is 20.6 Å². The van der Waals surface area contributed by atoms with Gasteiger partial charge in [-0.2, -0.15) is 0 Å². The Kier molecular flexibility index (Phi) is 6.85. The first-order valence-electron chi connectivity index (χ1n) is 12.8. The highest BCUT2D eigenvalue weighted by Gasteiger charge is 2.18. The number of benzene rings is 3. The highest BCUT2D eigenvalue weighted by Crippen LogP contribution is 2.25. The second kappa shape index (κ2) is 10.4. The summed E-state index contributed by atoms with van der Waals surface area (Å²) in [6.45, 7) is 5.00. The number of aromatic nitrogens is 3. The van der Waals surface area contributed by atoms with Gasteiger partial charge in [-0.25, -0.2) is 4.98 Å². The lowest BCUT2D eigenvalue weighted by molar-refractivity contribution is 0.677. The Morgan fingerprint density at radius 3 is 2.08 bits per heavy atom. The van der Waals surface area contributed by atoms with Crippen LogP contribution in [0.15, 0.2) is 89.9 Å². The van der Waals surface area contributed by atoms with E-state index in [1.165, 1.54) is 0 Å². The van der Waals surface area contributed by atoms with E-state index in [1.807, 2.05) is 71.3 Å². The van der Waals surface area contributed by atoms with Crippen LogP contribution in [-0.4, -0.2) is 25.8 Å². The van der Waals surface area contributed by atoms with Crippen molar-refractivity contribution >= 4 is 22.7 Å². The number of fused-ring (bicyclic) bond motifs is 1. The molecule has 0 saturated heterocycles. The van der Waals surface area contributed by atoms with Gasteiger partial charge in [-0.1, -0.05) is 68.4 Å². The molecule has 0 atom stereocenters. The maximum absolute atomic E-state index is 13.8. The highest BCUT2D eigenvalue weighted by atomic mass is 16.1. The standard InChI is InChI=1S/C31H31N7O/c1-19(2)30-36-26-12-13-37(17-20-6-4-10-24(15-20)28(32)33)31(39)27(26)38(30)18-21-7-3-8-22(14-21)23-9-5-11-25(16-23)29(34)35/h3-16,19H,17-18H2,1-2H3,(H3,32,33)(H3,34,35). The summed E-state index contributed by atoms with van der Waals surface area (Å²) >= 11 is 0. The molecule has 196 valence electrons. The van der Waals surface area contributed by atoms with Crippen LogP contribution in [0.3, 0.4) is 0 Å². The second-order valence-corrected chi connectivity index (χ2v) is 10.0. The van der Waals surface area contributed by atoms with Gasteiger partial charge in [0.1, 0.15) is 23.0 Å². The fraction of sp³-hybridized carbons (Fsp3) is 0.161. The van der Waals surface area contributed by atoms with Crippen LogP contribution in [0, 0.1) is 10.8 Å². The van der Waals surface area contributed by atoms with Crippen LogP contribution in [0.5, 0.6) is 0 Å². The summed E-state index contributed by atoms with van der Waals surface area (Å²) in [7, 11) is 0. The van der Waals surface area contributed by atoms with Crippen molar-refractivity contribution in [3.05, 3.63) is 123 Å². The molecule has 2 heterocycles. The maximum atomic E-state index is 13.8. The van der Waals surface area contributed by atoms with Crippen molar-refractivity contribution in [2.24, 2.45) is 11.5 Å². The van der Waals surface area contributed by atoms with Gasteiger partial charge in [0.05, 0.1) is 12.1 Å². The number of nitrogens with one attached hydrogen (secondary N) is 2. The predicted molar refractivity (Wildman–Crippen MR) is 157 cm³/mol. The summed E-state index contributed by atoms with van der Waals surface area (Å²) < 4.78 is 3.70. The summed E-state index contributed by atoms with van der Waals surface area (Å²) in [5.41, 5.74) is 17.7. The molecule has 0 bridgehead atoms. The van der Waals surface area contributed by atoms with Crippen LogP contribution in [0.25, 0.3) is 22.2 Å². The summed E-state index contributed by atoms with van der Waals surface area (Å²) in [4.78, 5) is 18.6. The maximum Gasteiger partial charge on any atom is 0.277 e. The fourth-order valence-corrected chi connectivity index (χ4v) is 4.85.